The number of phenolic OH excluding ortho intramolecular Hbond substituents is 1. The summed E-state index contributed by atoms with van der Waals surface area (Å²) in [5, 5.41) is 12.1. The van der Waals surface area contributed by atoms with Crippen molar-refractivity contribution in [3.8, 4) is 5.75 Å². The Kier molecular flexibility index (Phi) is 2.16. The minimum atomic E-state index is -0.365. The fourth-order valence-corrected chi connectivity index (χ4v) is 1.65. The Balaban J connectivity index is 2.40. The van der Waals surface area contributed by atoms with Gasteiger partial charge < -0.3 is 16.2 Å². The Hall–Kier alpha value is -1.55. The lowest BCUT2D eigenvalue weighted by Gasteiger charge is -2.15. The van der Waals surface area contributed by atoms with E-state index in [-0.39, 0.29) is 17.2 Å². The standard InChI is InChI=1S/C11H14N2O2/c1-7(14)13-10-3-2-8(15)6-9(10)11(12)4-5-11/h2-3,6,15H,4-5,12H2,1H3,(H,13,14). The van der Waals surface area contributed by atoms with Gasteiger partial charge in [0.2, 0.25) is 5.91 Å². The van der Waals surface area contributed by atoms with Gasteiger partial charge in [-0.25, -0.2) is 0 Å². The van der Waals surface area contributed by atoms with Crippen LogP contribution < -0.4 is 11.1 Å². The summed E-state index contributed by atoms with van der Waals surface area (Å²) >= 11 is 0. The molecule has 1 saturated carbocycles. The Bertz CT molecular complexity index is 411. The lowest BCUT2D eigenvalue weighted by molar-refractivity contribution is -0.114. The molecular formula is C11H14N2O2. The maximum absolute atomic E-state index is 11.0. The van der Waals surface area contributed by atoms with Crippen LogP contribution in [0.1, 0.15) is 25.3 Å². The molecule has 0 radical (unpaired) electrons. The number of phenols is 1. The minimum absolute atomic E-state index is 0.133. The molecule has 0 bridgehead atoms. The van der Waals surface area contributed by atoms with Gasteiger partial charge in [-0.15, -0.1) is 0 Å². The van der Waals surface area contributed by atoms with Crippen LogP contribution >= 0.6 is 0 Å². The number of amides is 1. The molecule has 4 heteroatoms. The van der Waals surface area contributed by atoms with Crippen LogP contribution in [0.5, 0.6) is 5.75 Å². The van der Waals surface area contributed by atoms with Crippen LogP contribution in [0, 0.1) is 0 Å². The van der Waals surface area contributed by atoms with Crippen LogP contribution in [0.4, 0.5) is 5.69 Å². The van der Waals surface area contributed by atoms with E-state index >= 15 is 0 Å². The maximum atomic E-state index is 11.0. The van der Waals surface area contributed by atoms with E-state index in [2.05, 4.69) is 5.32 Å². The topological polar surface area (TPSA) is 75.3 Å². The molecule has 0 saturated heterocycles. The molecule has 2 rings (SSSR count). The molecular weight excluding hydrogens is 192 g/mol. The van der Waals surface area contributed by atoms with Crippen molar-refractivity contribution in [2.75, 3.05) is 5.32 Å². The van der Waals surface area contributed by atoms with Gasteiger partial charge in [0.15, 0.2) is 0 Å². The van der Waals surface area contributed by atoms with Crippen molar-refractivity contribution in [3.63, 3.8) is 0 Å². The molecule has 15 heavy (non-hydrogen) atoms. The van der Waals surface area contributed by atoms with Crippen molar-refractivity contribution >= 4 is 11.6 Å². The van der Waals surface area contributed by atoms with Crippen LogP contribution in [-0.2, 0) is 10.3 Å². The summed E-state index contributed by atoms with van der Waals surface area (Å²) in [6.45, 7) is 1.45. The Morgan fingerprint density at radius 3 is 2.73 bits per heavy atom. The van der Waals surface area contributed by atoms with E-state index in [0.717, 1.165) is 18.4 Å². The molecule has 1 aromatic carbocycles. The first kappa shape index (κ1) is 9.98. The summed E-state index contributed by atoms with van der Waals surface area (Å²) in [6.07, 6.45) is 1.78. The van der Waals surface area contributed by atoms with Crippen LogP contribution in [0.2, 0.25) is 0 Å². The normalized spacial score (nSPS) is 17.2. The lowest BCUT2D eigenvalue weighted by Crippen LogP contribution is -2.21. The van der Waals surface area contributed by atoms with Crippen LogP contribution in [0.15, 0.2) is 18.2 Å². The van der Waals surface area contributed by atoms with E-state index < -0.39 is 0 Å². The first-order valence-electron chi connectivity index (χ1n) is 4.91. The molecule has 0 aromatic heterocycles. The third-order valence-electron chi connectivity index (χ3n) is 2.64. The van der Waals surface area contributed by atoms with Gasteiger partial charge >= 0.3 is 0 Å². The molecule has 0 unspecified atom stereocenters. The van der Waals surface area contributed by atoms with E-state index in [9.17, 15) is 9.90 Å². The van der Waals surface area contributed by atoms with Gasteiger partial charge in [-0.1, -0.05) is 0 Å². The fourth-order valence-electron chi connectivity index (χ4n) is 1.65. The second-order valence-electron chi connectivity index (χ2n) is 4.07. The van der Waals surface area contributed by atoms with E-state index in [1.807, 2.05) is 0 Å². The highest BCUT2D eigenvalue weighted by molar-refractivity contribution is 5.90. The lowest BCUT2D eigenvalue weighted by atomic mass is 10.0. The molecule has 80 valence electrons. The molecule has 0 aliphatic heterocycles. The minimum Gasteiger partial charge on any atom is -0.508 e. The number of hydrogen-bond acceptors (Lipinski definition) is 3. The van der Waals surface area contributed by atoms with E-state index in [1.54, 1.807) is 18.2 Å². The number of rotatable bonds is 2. The highest BCUT2D eigenvalue weighted by Crippen LogP contribution is 2.46. The second-order valence-corrected chi connectivity index (χ2v) is 4.07. The summed E-state index contributed by atoms with van der Waals surface area (Å²) in [5.74, 6) is 0.0435. The first-order valence-corrected chi connectivity index (χ1v) is 4.91. The highest BCUT2D eigenvalue weighted by Gasteiger charge is 2.42. The SMILES string of the molecule is CC(=O)Nc1ccc(O)cc1C1(N)CC1. The number of hydrogen-bond donors (Lipinski definition) is 3. The number of carbonyl (C=O) groups excluding carboxylic acids is 1. The van der Waals surface area contributed by atoms with Gasteiger partial charge in [0, 0.05) is 18.2 Å². The molecule has 1 fully saturated rings. The van der Waals surface area contributed by atoms with Gasteiger partial charge in [0.25, 0.3) is 0 Å². The Morgan fingerprint density at radius 2 is 2.20 bits per heavy atom. The average molecular weight is 206 g/mol. The predicted molar refractivity (Wildman–Crippen MR) is 57.5 cm³/mol. The van der Waals surface area contributed by atoms with Gasteiger partial charge in [0.05, 0.1) is 0 Å². The molecule has 4 N–H and O–H groups in total. The first-order chi connectivity index (χ1) is 7.01. The predicted octanol–water partition coefficient (Wildman–Crippen LogP) is 1.30. The largest absolute Gasteiger partial charge is 0.508 e. The Labute approximate surface area is 88.1 Å². The zero-order valence-corrected chi connectivity index (χ0v) is 8.58. The smallest absolute Gasteiger partial charge is 0.221 e. The van der Waals surface area contributed by atoms with Crippen LogP contribution in [-0.4, -0.2) is 11.0 Å². The number of carbonyl (C=O) groups is 1. The summed E-state index contributed by atoms with van der Waals surface area (Å²) in [5.41, 5.74) is 7.20. The molecule has 1 aromatic rings. The maximum Gasteiger partial charge on any atom is 0.221 e. The number of aromatic hydroxyl groups is 1. The molecule has 0 atom stereocenters. The van der Waals surface area contributed by atoms with Crippen LogP contribution in [0.3, 0.4) is 0 Å². The number of anilines is 1. The van der Waals surface area contributed by atoms with E-state index in [1.165, 1.54) is 6.92 Å². The average Bonchev–Trinajstić information content (AvgIpc) is 2.87. The highest BCUT2D eigenvalue weighted by atomic mass is 16.3. The van der Waals surface area contributed by atoms with Gasteiger partial charge in [-0.2, -0.15) is 0 Å². The Morgan fingerprint density at radius 1 is 1.53 bits per heavy atom. The summed E-state index contributed by atoms with van der Waals surface area (Å²) in [7, 11) is 0. The third-order valence-corrected chi connectivity index (χ3v) is 2.64. The third kappa shape index (κ3) is 1.94. The van der Waals surface area contributed by atoms with Crippen molar-refractivity contribution in [1.82, 2.24) is 0 Å². The zero-order valence-electron chi connectivity index (χ0n) is 8.58. The molecule has 0 heterocycles. The molecule has 1 aliphatic rings. The van der Waals surface area contributed by atoms with E-state index in [0.29, 0.717) is 5.69 Å². The fraction of sp³-hybridized carbons (Fsp3) is 0.364. The second kappa shape index (κ2) is 3.24. The quantitative estimate of drug-likeness (QED) is 0.638. The zero-order chi connectivity index (χ0) is 11.1. The molecule has 1 aliphatic carbocycles. The number of benzene rings is 1. The van der Waals surface area contributed by atoms with Crippen molar-refractivity contribution in [3.05, 3.63) is 23.8 Å². The molecule has 4 nitrogen and oxygen atoms in total. The number of nitrogens with two attached hydrogens (primary N) is 1. The van der Waals surface area contributed by atoms with Crippen molar-refractivity contribution in [1.29, 1.82) is 0 Å². The van der Waals surface area contributed by atoms with Gasteiger partial charge in [-0.3, -0.25) is 4.79 Å². The van der Waals surface area contributed by atoms with E-state index in [4.69, 9.17) is 5.73 Å². The van der Waals surface area contributed by atoms with Crippen LogP contribution in [0.25, 0.3) is 0 Å². The van der Waals surface area contributed by atoms with Gasteiger partial charge in [0.1, 0.15) is 5.75 Å². The molecule has 0 spiro atoms. The van der Waals surface area contributed by atoms with Gasteiger partial charge in [-0.05, 0) is 36.6 Å². The van der Waals surface area contributed by atoms with Crippen molar-refractivity contribution in [2.45, 2.75) is 25.3 Å². The monoisotopic (exact) mass is 206 g/mol. The van der Waals surface area contributed by atoms with Crippen molar-refractivity contribution in [2.24, 2.45) is 5.73 Å². The summed E-state index contributed by atoms with van der Waals surface area (Å²) < 4.78 is 0. The van der Waals surface area contributed by atoms with Crippen molar-refractivity contribution < 1.29 is 9.90 Å². The summed E-state index contributed by atoms with van der Waals surface area (Å²) in [6, 6.07) is 4.85. The molecule has 1 amide bonds. The summed E-state index contributed by atoms with van der Waals surface area (Å²) in [4.78, 5) is 11.0. The number of nitrogens with one attached hydrogen (secondary N) is 1.